The van der Waals surface area contributed by atoms with E-state index in [9.17, 15) is 9.90 Å². The van der Waals surface area contributed by atoms with Crippen molar-refractivity contribution in [1.29, 1.82) is 0 Å². The van der Waals surface area contributed by atoms with Crippen LogP contribution >= 0.6 is 69.3 Å². The summed E-state index contributed by atoms with van der Waals surface area (Å²) < 4.78 is 0. The first-order valence-electron chi connectivity index (χ1n) is 8.43. The molecule has 1 aromatic heterocycles. The smallest absolute Gasteiger partial charge is 0.505 e. The van der Waals surface area contributed by atoms with Crippen molar-refractivity contribution in [1.82, 2.24) is 0 Å². The Kier molecular flexibility index (Phi) is 19.3. The Bertz CT molecular complexity index is 674. The minimum atomic E-state index is -0.933. The Balaban J connectivity index is -0.000000377. The highest BCUT2D eigenvalue weighted by atomic mass is 35.5. The fourth-order valence-corrected chi connectivity index (χ4v) is 3.03. The van der Waals surface area contributed by atoms with E-state index in [4.69, 9.17) is 84.5 Å². The Morgan fingerprint density at radius 1 is 0.968 bits per heavy atom. The Labute approximate surface area is 210 Å². The predicted molar refractivity (Wildman–Crippen MR) is 130 cm³/mol. The molecule has 7 N–H and O–H groups in total. The van der Waals surface area contributed by atoms with Gasteiger partial charge in [0.05, 0.1) is 15.1 Å². The van der Waals surface area contributed by atoms with Gasteiger partial charge in [0.1, 0.15) is 16.1 Å². The fourth-order valence-electron chi connectivity index (χ4n) is 1.45. The van der Waals surface area contributed by atoms with Gasteiger partial charge in [-0.3, -0.25) is 9.59 Å². The second-order valence-corrected chi connectivity index (χ2v) is 8.17. The number of benzene rings is 1. The van der Waals surface area contributed by atoms with Gasteiger partial charge in [-0.1, -0.05) is 76.6 Å². The molecule has 0 amide bonds. The number of hydrogen-bond acceptors (Lipinski definition) is 6. The molecular weight excluding hydrogens is 534 g/mol. The predicted octanol–water partition coefficient (Wildman–Crippen LogP) is 6.14. The number of phenols is 1. The molecule has 2 rings (SSSR count). The highest BCUT2D eigenvalue weighted by molar-refractivity contribution is 7.07. The molecule has 31 heavy (non-hydrogen) atoms. The van der Waals surface area contributed by atoms with Gasteiger partial charge < -0.3 is 26.8 Å². The van der Waals surface area contributed by atoms with Crippen molar-refractivity contribution in [3.05, 3.63) is 48.0 Å². The van der Waals surface area contributed by atoms with Gasteiger partial charge in [-0.05, 0) is 30.1 Å². The summed E-state index contributed by atoms with van der Waals surface area (Å²) in [6.45, 7) is 1.69. The van der Waals surface area contributed by atoms with Crippen LogP contribution in [-0.2, 0) is 9.59 Å². The topological polar surface area (TPSA) is 147 Å². The zero-order valence-corrected chi connectivity index (χ0v) is 20.9. The number of carboxylic acid groups (broad SMARTS) is 2. The zero-order valence-electron chi connectivity index (χ0n) is 17.3. The number of hydrogen-bond donors (Lipinski definition) is 5. The summed E-state index contributed by atoms with van der Waals surface area (Å²) in [4.78, 5) is 19.1. The lowest BCUT2D eigenvalue weighted by Gasteiger charge is -2.06. The zero-order chi connectivity index (χ0) is 24.6. The number of halogens is 5. The Hall–Kier alpha value is -0.970. The average molecular weight is 558 g/mol. The molecule has 1 heterocycles. The number of carboxylic acids is 2. The second-order valence-electron chi connectivity index (χ2n) is 5.46. The molecule has 1 atom stereocenters. The molecule has 0 bridgehead atoms. The molecule has 0 aliphatic rings. The maximum atomic E-state index is 10.1. The van der Waals surface area contributed by atoms with Gasteiger partial charge in [0.2, 0.25) is 0 Å². The summed E-state index contributed by atoms with van der Waals surface area (Å²) >= 11 is 29.6. The van der Waals surface area contributed by atoms with Gasteiger partial charge in [0.15, 0.2) is 5.75 Å². The first-order valence-corrected chi connectivity index (χ1v) is 11.3. The van der Waals surface area contributed by atoms with E-state index in [-0.39, 0.29) is 32.3 Å². The van der Waals surface area contributed by atoms with Gasteiger partial charge in [-0.15, -0.1) is 0 Å². The van der Waals surface area contributed by atoms with Crippen molar-refractivity contribution in [2.24, 2.45) is 11.5 Å². The average Bonchev–Trinajstić information content (AvgIpc) is 3.29. The van der Waals surface area contributed by atoms with E-state index in [1.54, 1.807) is 11.3 Å². The van der Waals surface area contributed by atoms with Crippen molar-refractivity contribution in [3.8, 4) is 5.75 Å². The molecule has 0 aliphatic heterocycles. The van der Waals surface area contributed by atoms with Crippen LogP contribution in [0.1, 0.15) is 27.6 Å². The van der Waals surface area contributed by atoms with Crippen molar-refractivity contribution in [2.45, 2.75) is 32.2 Å². The quantitative estimate of drug-likeness (QED) is 0.169. The molecule has 13 heteroatoms. The van der Waals surface area contributed by atoms with Gasteiger partial charge in [-0.2, -0.15) is 11.3 Å². The fraction of sp³-hybridized carbons (Fsp3) is 0.333. The number of phenolic OH excluding ortho intramolecular Hbond substituents is 1. The van der Waals surface area contributed by atoms with E-state index in [2.05, 4.69) is 0 Å². The highest BCUT2D eigenvalue weighted by Crippen LogP contribution is 2.47. The van der Waals surface area contributed by atoms with Crippen molar-refractivity contribution in [3.63, 3.8) is 0 Å². The van der Waals surface area contributed by atoms with Crippen LogP contribution in [0, 0.1) is 0 Å². The van der Waals surface area contributed by atoms with E-state index in [0.717, 1.165) is 19.8 Å². The molecule has 0 fully saturated rings. The molecule has 176 valence electrons. The maximum absolute atomic E-state index is 10.1. The van der Waals surface area contributed by atoms with Crippen LogP contribution in [0.5, 0.6) is 5.75 Å². The molecular formula is C18H24Cl5N2O5S+. The largest absolute Gasteiger partial charge is 1.00 e. The number of carbonyl (C=O) groups is 2. The van der Waals surface area contributed by atoms with Crippen molar-refractivity contribution >= 4 is 81.3 Å². The molecule has 1 unspecified atom stereocenters. The van der Waals surface area contributed by atoms with Gasteiger partial charge in [0.25, 0.3) is 5.97 Å². The van der Waals surface area contributed by atoms with Crippen LogP contribution in [0.2, 0.25) is 25.1 Å². The van der Waals surface area contributed by atoms with Crippen LogP contribution < -0.4 is 11.5 Å². The first-order chi connectivity index (χ1) is 14.4. The van der Waals surface area contributed by atoms with Crippen LogP contribution in [0.25, 0.3) is 0 Å². The van der Waals surface area contributed by atoms with E-state index in [1.165, 1.54) is 0 Å². The summed E-state index contributed by atoms with van der Waals surface area (Å²) in [7, 11) is 0. The SMILES string of the molecule is CC(=O)O.NCCCCC(N)C(=O)O.Oc1c(Cl)c(Cl)c(Cl)c(Cl)c1Cl.[H+].c1ccsc1. The Morgan fingerprint density at radius 3 is 1.65 bits per heavy atom. The second kappa shape index (κ2) is 18.6. The van der Waals surface area contributed by atoms with Crippen LogP contribution in [0.4, 0.5) is 0 Å². The van der Waals surface area contributed by atoms with E-state index in [0.29, 0.717) is 13.0 Å². The molecule has 0 spiro atoms. The number of aromatic hydroxyl groups is 1. The molecule has 2 aromatic rings. The number of rotatable bonds is 5. The molecule has 0 aliphatic carbocycles. The summed E-state index contributed by atoms with van der Waals surface area (Å²) in [5, 5.41) is 28.8. The highest BCUT2D eigenvalue weighted by Gasteiger charge is 2.18. The molecule has 1 aromatic carbocycles. The normalized spacial score (nSPS) is 10.3. The summed E-state index contributed by atoms with van der Waals surface area (Å²) in [6, 6.07) is 3.32. The molecule has 0 saturated carbocycles. The lowest BCUT2D eigenvalue weighted by molar-refractivity contribution is -0.138. The van der Waals surface area contributed by atoms with Crippen molar-refractivity contribution < 1.29 is 26.3 Å². The molecule has 0 saturated heterocycles. The first kappa shape index (κ1) is 32.2. The van der Waals surface area contributed by atoms with Gasteiger partial charge in [0, 0.05) is 6.92 Å². The number of nitrogens with two attached hydrogens (primary N) is 2. The van der Waals surface area contributed by atoms with Gasteiger partial charge in [-0.25, -0.2) is 0 Å². The van der Waals surface area contributed by atoms with E-state index >= 15 is 0 Å². The standard InChI is InChI=1S/C6HCl5O.C6H14N2O2.C4H4S.C2H4O2/c7-1-2(8)4(10)6(12)5(11)3(1)9;7-4-2-1-3-5(8)6(9)10;1-2-4-5-3-1;1-2(3)4/h12H;5H,1-4,7-8H2,(H,9,10);1-4H;1H3,(H,3,4)/p+1. The summed E-state index contributed by atoms with van der Waals surface area (Å²) in [6.07, 6.45) is 2.16. The lowest BCUT2D eigenvalue weighted by atomic mass is 10.1. The number of unbranched alkanes of at least 4 members (excludes halogenated alkanes) is 1. The maximum Gasteiger partial charge on any atom is 1.00 e. The summed E-state index contributed by atoms with van der Waals surface area (Å²) in [5.74, 6) is -2.13. The van der Waals surface area contributed by atoms with Crippen LogP contribution in [0.3, 0.4) is 0 Å². The Morgan fingerprint density at radius 2 is 1.35 bits per heavy atom. The van der Waals surface area contributed by atoms with Crippen LogP contribution in [-0.4, -0.2) is 39.8 Å². The lowest BCUT2D eigenvalue weighted by Crippen LogP contribution is -2.29. The van der Waals surface area contributed by atoms with E-state index < -0.39 is 18.0 Å². The number of thiophene rings is 1. The third kappa shape index (κ3) is 15.5. The van der Waals surface area contributed by atoms with Crippen molar-refractivity contribution in [2.75, 3.05) is 6.54 Å². The molecule has 0 radical (unpaired) electrons. The summed E-state index contributed by atoms with van der Waals surface area (Å²) in [5.41, 5.74) is 10.4. The van der Waals surface area contributed by atoms with Gasteiger partial charge >= 0.3 is 7.40 Å². The third-order valence-corrected chi connectivity index (χ3v) is 5.78. The number of aliphatic carboxylic acids is 2. The minimum Gasteiger partial charge on any atom is -0.505 e. The van der Waals surface area contributed by atoms with Crippen LogP contribution in [0.15, 0.2) is 22.9 Å². The van der Waals surface area contributed by atoms with E-state index in [1.807, 2.05) is 22.9 Å². The minimum absolute atomic E-state index is 0. The molecule has 7 nitrogen and oxygen atoms in total. The third-order valence-electron chi connectivity index (χ3n) is 2.90. The monoisotopic (exact) mass is 555 g/mol.